The summed E-state index contributed by atoms with van der Waals surface area (Å²) in [5, 5.41) is 0. The van der Waals surface area contributed by atoms with Crippen LogP contribution in [0, 0.1) is 0 Å². The second-order valence-electron chi connectivity index (χ2n) is 6.93. The highest BCUT2D eigenvalue weighted by atomic mass is 16.7. The summed E-state index contributed by atoms with van der Waals surface area (Å²) in [6.07, 6.45) is 0. The molecule has 1 atom stereocenters. The highest BCUT2D eigenvalue weighted by Gasteiger charge is 2.37. The van der Waals surface area contributed by atoms with E-state index in [1.54, 1.807) is 41.2 Å². The van der Waals surface area contributed by atoms with Crippen LogP contribution in [-0.4, -0.2) is 40.7 Å². The third-order valence-corrected chi connectivity index (χ3v) is 5.26. The summed E-state index contributed by atoms with van der Waals surface area (Å²) in [4.78, 5) is 13.0. The SMILES string of the molecule is CCOC(=O)C1=C(C)Oc2cc3c(cc2C1c1cc(OC)c(OC)c(OC)c1)OCO3. The Morgan fingerprint density at radius 2 is 1.61 bits per heavy atom. The van der Waals surface area contributed by atoms with Gasteiger partial charge in [0.1, 0.15) is 11.5 Å². The normalized spacial score (nSPS) is 16.4. The van der Waals surface area contributed by atoms with Crippen molar-refractivity contribution in [2.24, 2.45) is 0 Å². The van der Waals surface area contributed by atoms with Crippen LogP contribution in [0.15, 0.2) is 35.6 Å². The number of hydrogen-bond donors (Lipinski definition) is 0. The smallest absolute Gasteiger partial charge is 0.338 e. The summed E-state index contributed by atoms with van der Waals surface area (Å²) >= 11 is 0. The number of fused-ring (bicyclic) bond motifs is 2. The molecule has 2 aliphatic heterocycles. The van der Waals surface area contributed by atoms with Crippen molar-refractivity contribution in [2.75, 3.05) is 34.7 Å². The zero-order chi connectivity index (χ0) is 22.1. The molecule has 8 heteroatoms. The first-order valence-electron chi connectivity index (χ1n) is 9.81. The molecule has 2 aliphatic rings. The van der Waals surface area contributed by atoms with Crippen LogP contribution in [0.3, 0.4) is 0 Å². The standard InChI is InChI=1S/C23H24O8/c1-6-28-23(24)20-12(2)31-15-10-17-16(29-11-30-17)9-14(15)21(20)13-7-18(25-3)22(27-5)19(8-13)26-4/h7-10,21H,6,11H2,1-5H3. The van der Waals surface area contributed by atoms with Gasteiger partial charge in [-0.25, -0.2) is 4.79 Å². The summed E-state index contributed by atoms with van der Waals surface area (Å²) in [5.41, 5.74) is 1.88. The minimum absolute atomic E-state index is 0.129. The topological polar surface area (TPSA) is 81.7 Å². The Labute approximate surface area is 180 Å². The molecule has 164 valence electrons. The Morgan fingerprint density at radius 1 is 0.968 bits per heavy atom. The fourth-order valence-electron chi connectivity index (χ4n) is 3.92. The van der Waals surface area contributed by atoms with Gasteiger partial charge >= 0.3 is 5.97 Å². The number of esters is 1. The van der Waals surface area contributed by atoms with E-state index in [4.69, 9.17) is 33.2 Å². The number of ether oxygens (including phenoxy) is 7. The first-order chi connectivity index (χ1) is 15.0. The van der Waals surface area contributed by atoms with E-state index < -0.39 is 11.9 Å². The average Bonchev–Trinajstić information content (AvgIpc) is 3.23. The van der Waals surface area contributed by atoms with Crippen LogP contribution in [0.25, 0.3) is 0 Å². The molecule has 2 heterocycles. The van der Waals surface area contributed by atoms with Crippen molar-refractivity contribution < 1.29 is 38.0 Å². The Bertz CT molecular complexity index is 1030. The molecular formula is C23H24O8. The second-order valence-corrected chi connectivity index (χ2v) is 6.93. The maximum Gasteiger partial charge on any atom is 0.338 e. The highest BCUT2D eigenvalue weighted by Crippen LogP contribution is 2.51. The maximum absolute atomic E-state index is 13.0. The fourth-order valence-corrected chi connectivity index (χ4v) is 3.92. The first kappa shape index (κ1) is 20.7. The Morgan fingerprint density at radius 3 is 2.19 bits per heavy atom. The van der Waals surface area contributed by atoms with Crippen LogP contribution in [0.2, 0.25) is 0 Å². The zero-order valence-electron chi connectivity index (χ0n) is 18.1. The summed E-state index contributed by atoms with van der Waals surface area (Å²) in [5.74, 6) is 2.66. The Kier molecular flexibility index (Phi) is 5.54. The van der Waals surface area contributed by atoms with Crippen LogP contribution in [0.1, 0.15) is 30.9 Å². The van der Waals surface area contributed by atoms with Gasteiger partial charge < -0.3 is 33.2 Å². The lowest BCUT2D eigenvalue weighted by Gasteiger charge is -2.30. The van der Waals surface area contributed by atoms with Crippen molar-refractivity contribution in [2.45, 2.75) is 19.8 Å². The molecule has 2 aromatic rings. The lowest BCUT2D eigenvalue weighted by atomic mass is 9.81. The molecule has 0 aromatic heterocycles. The van der Waals surface area contributed by atoms with Gasteiger partial charge in [0.05, 0.1) is 33.5 Å². The van der Waals surface area contributed by atoms with Crippen molar-refractivity contribution in [1.29, 1.82) is 0 Å². The molecular weight excluding hydrogens is 404 g/mol. The minimum Gasteiger partial charge on any atom is -0.493 e. The van der Waals surface area contributed by atoms with Crippen molar-refractivity contribution in [3.8, 4) is 34.5 Å². The number of carbonyl (C=O) groups is 1. The molecule has 0 fully saturated rings. The van der Waals surface area contributed by atoms with Crippen molar-refractivity contribution in [3.05, 3.63) is 46.7 Å². The zero-order valence-corrected chi connectivity index (χ0v) is 18.1. The largest absolute Gasteiger partial charge is 0.493 e. The van der Waals surface area contributed by atoms with Crippen molar-refractivity contribution in [1.82, 2.24) is 0 Å². The van der Waals surface area contributed by atoms with Gasteiger partial charge in [0.2, 0.25) is 12.5 Å². The first-order valence-corrected chi connectivity index (χ1v) is 9.81. The van der Waals surface area contributed by atoms with Crippen molar-refractivity contribution in [3.63, 3.8) is 0 Å². The van der Waals surface area contributed by atoms with Gasteiger partial charge in [-0.1, -0.05) is 0 Å². The fraction of sp³-hybridized carbons (Fsp3) is 0.348. The molecule has 0 N–H and O–H groups in total. The number of rotatable bonds is 6. The van der Waals surface area contributed by atoms with E-state index >= 15 is 0 Å². The molecule has 2 aromatic carbocycles. The van der Waals surface area contributed by atoms with E-state index in [0.717, 1.165) is 11.1 Å². The van der Waals surface area contributed by atoms with E-state index in [0.29, 0.717) is 45.8 Å². The molecule has 0 spiro atoms. The quantitative estimate of drug-likeness (QED) is 0.643. The third-order valence-electron chi connectivity index (χ3n) is 5.26. The average molecular weight is 428 g/mol. The molecule has 0 saturated heterocycles. The molecule has 0 saturated carbocycles. The van der Waals surface area contributed by atoms with Gasteiger partial charge in [0.25, 0.3) is 0 Å². The Balaban J connectivity index is 1.96. The summed E-state index contributed by atoms with van der Waals surface area (Å²) in [7, 11) is 4.63. The summed E-state index contributed by atoms with van der Waals surface area (Å²) in [6.45, 7) is 3.87. The summed E-state index contributed by atoms with van der Waals surface area (Å²) < 4.78 is 38.9. The number of benzene rings is 2. The molecule has 0 radical (unpaired) electrons. The maximum atomic E-state index is 13.0. The lowest BCUT2D eigenvalue weighted by Crippen LogP contribution is -2.23. The highest BCUT2D eigenvalue weighted by molar-refractivity contribution is 5.93. The lowest BCUT2D eigenvalue weighted by molar-refractivity contribution is -0.139. The van der Waals surface area contributed by atoms with Gasteiger partial charge in [-0.2, -0.15) is 0 Å². The molecule has 0 bridgehead atoms. The van der Waals surface area contributed by atoms with Crippen LogP contribution >= 0.6 is 0 Å². The molecule has 4 rings (SSSR count). The summed E-state index contributed by atoms with van der Waals surface area (Å²) in [6, 6.07) is 7.24. The van der Waals surface area contributed by atoms with Crippen LogP contribution in [-0.2, 0) is 9.53 Å². The van der Waals surface area contributed by atoms with E-state index in [2.05, 4.69) is 0 Å². The van der Waals surface area contributed by atoms with Gasteiger partial charge in [-0.15, -0.1) is 0 Å². The number of allylic oxidation sites excluding steroid dienone is 1. The van der Waals surface area contributed by atoms with E-state index in [-0.39, 0.29) is 13.4 Å². The molecule has 1 unspecified atom stereocenters. The van der Waals surface area contributed by atoms with Crippen LogP contribution < -0.4 is 28.4 Å². The van der Waals surface area contributed by atoms with Crippen molar-refractivity contribution >= 4 is 5.97 Å². The number of hydrogen-bond acceptors (Lipinski definition) is 8. The van der Waals surface area contributed by atoms with Gasteiger partial charge in [0, 0.05) is 17.5 Å². The van der Waals surface area contributed by atoms with Gasteiger partial charge in [-0.05, 0) is 37.6 Å². The molecule has 8 nitrogen and oxygen atoms in total. The van der Waals surface area contributed by atoms with Gasteiger partial charge in [-0.3, -0.25) is 0 Å². The monoisotopic (exact) mass is 428 g/mol. The van der Waals surface area contributed by atoms with E-state index in [9.17, 15) is 4.79 Å². The number of carbonyl (C=O) groups excluding carboxylic acids is 1. The van der Waals surface area contributed by atoms with E-state index in [1.165, 1.54) is 0 Å². The van der Waals surface area contributed by atoms with Gasteiger partial charge in [0.15, 0.2) is 23.0 Å². The number of methoxy groups -OCH3 is 3. The minimum atomic E-state index is -0.508. The predicted octanol–water partition coefficient (Wildman–Crippen LogP) is 3.80. The molecule has 31 heavy (non-hydrogen) atoms. The van der Waals surface area contributed by atoms with Crippen LogP contribution in [0.4, 0.5) is 0 Å². The van der Waals surface area contributed by atoms with Crippen LogP contribution in [0.5, 0.6) is 34.5 Å². The molecule has 0 amide bonds. The molecule has 0 aliphatic carbocycles. The second kappa shape index (κ2) is 8.29. The predicted molar refractivity (Wildman–Crippen MR) is 110 cm³/mol. The third kappa shape index (κ3) is 3.48. The van der Waals surface area contributed by atoms with E-state index in [1.807, 2.05) is 18.2 Å². The Hall–Kier alpha value is -3.55.